The van der Waals surface area contributed by atoms with Crippen molar-refractivity contribution in [3.05, 3.63) is 24.3 Å². The maximum Gasteiger partial charge on any atom is 0.306 e. The lowest BCUT2D eigenvalue weighted by atomic mass is 10.0. The molecule has 0 heterocycles. The van der Waals surface area contributed by atoms with Crippen LogP contribution in [0, 0.1) is 0 Å². The summed E-state index contributed by atoms with van der Waals surface area (Å²) in [7, 11) is 0. The smallest absolute Gasteiger partial charge is 0.306 e. The first kappa shape index (κ1) is 58.4. The Bertz CT molecular complexity index is 913. The Morgan fingerprint density at radius 2 is 0.700 bits per heavy atom. The normalized spacial score (nSPS) is 12.2. The second-order valence-corrected chi connectivity index (χ2v) is 18.1. The Labute approximate surface area is 375 Å². The van der Waals surface area contributed by atoms with E-state index in [0.29, 0.717) is 26.1 Å². The minimum absolute atomic E-state index is 0.0909. The van der Waals surface area contributed by atoms with Crippen molar-refractivity contribution in [1.82, 2.24) is 0 Å². The van der Waals surface area contributed by atoms with E-state index >= 15 is 0 Å². The van der Waals surface area contributed by atoms with E-state index in [1.807, 2.05) is 0 Å². The van der Waals surface area contributed by atoms with E-state index in [0.717, 1.165) is 44.9 Å². The number of hydrogen-bond acceptors (Lipinski definition) is 5. The van der Waals surface area contributed by atoms with Gasteiger partial charge in [-0.3, -0.25) is 9.59 Å². The fourth-order valence-electron chi connectivity index (χ4n) is 7.95. The second kappa shape index (κ2) is 51.7. The Morgan fingerprint density at radius 1 is 0.367 bits per heavy atom. The molecule has 0 saturated carbocycles. The van der Waals surface area contributed by atoms with Crippen LogP contribution in [0.15, 0.2) is 24.3 Å². The van der Waals surface area contributed by atoms with E-state index in [1.54, 1.807) is 0 Å². The van der Waals surface area contributed by atoms with Crippen LogP contribution in [0.3, 0.4) is 0 Å². The molecule has 0 spiro atoms. The molecule has 0 radical (unpaired) electrons. The molecule has 0 aromatic carbocycles. The first-order valence-corrected chi connectivity index (χ1v) is 26.9. The fourth-order valence-corrected chi connectivity index (χ4v) is 7.95. The summed E-state index contributed by atoms with van der Waals surface area (Å²) in [5.74, 6) is -0.381. The summed E-state index contributed by atoms with van der Waals surface area (Å²) in [6.07, 6.45) is 60.4. The van der Waals surface area contributed by atoms with Gasteiger partial charge in [0.1, 0.15) is 6.61 Å². The van der Waals surface area contributed by atoms with Gasteiger partial charge in [0, 0.05) is 19.4 Å². The van der Waals surface area contributed by atoms with Gasteiger partial charge in [0.2, 0.25) is 0 Å². The van der Waals surface area contributed by atoms with Crippen molar-refractivity contribution in [2.75, 3.05) is 19.8 Å². The van der Waals surface area contributed by atoms with Gasteiger partial charge < -0.3 is 14.2 Å². The molecule has 354 valence electrons. The largest absolute Gasteiger partial charge is 0.462 e. The van der Waals surface area contributed by atoms with Crippen LogP contribution in [0.2, 0.25) is 0 Å². The van der Waals surface area contributed by atoms with E-state index in [1.165, 1.54) is 212 Å². The highest BCUT2D eigenvalue weighted by Gasteiger charge is 2.17. The monoisotopic (exact) mass is 845 g/mol. The summed E-state index contributed by atoms with van der Waals surface area (Å²) >= 11 is 0. The second-order valence-electron chi connectivity index (χ2n) is 18.1. The third kappa shape index (κ3) is 49.0. The number of unbranched alkanes of at least 4 members (excludes halogenated alkanes) is 35. The fraction of sp³-hybridized carbons (Fsp3) is 0.891. The van der Waals surface area contributed by atoms with Crippen LogP contribution in [0.1, 0.15) is 290 Å². The van der Waals surface area contributed by atoms with Crippen LogP contribution in [0.4, 0.5) is 0 Å². The van der Waals surface area contributed by atoms with Crippen LogP contribution in [-0.4, -0.2) is 37.9 Å². The summed E-state index contributed by atoms with van der Waals surface area (Å²) < 4.78 is 17.4. The number of rotatable bonds is 50. The molecular formula is C55H104O5. The molecule has 5 nitrogen and oxygen atoms in total. The van der Waals surface area contributed by atoms with Crippen molar-refractivity contribution in [1.29, 1.82) is 0 Å². The van der Waals surface area contributed by atoms with Gasteiger partial charge in [-0.15, -0.1) is 0 Å². The van der Waals surface area contributed by atoms with E-state index < -0.39 is 6.10 Å². The minimum Gasteiger partial charge on any atom is -0.462 e. The Kier molecular flexibility index (Phi) is 50.3. The Morgan fingerprint density at radius 3 is 1.13 bits per heavy atom. The van der Waals surface area contributed by atoms with Gasteiger partial charge in [-0.05, 0) is 51.4 Å². The number of carbonyl (C=O) groups is 2. The number of hydrogen-bond donors (Lipinski definition) is 0. The lowest BCUT2D eigenvalue weighted by molar-refractivity contribution is -0.163. The molecule has 0 saturated heterocycles. The molecule has 0 rings (SSSR count). The van der Waals surface area contributed by atoms with Crippen molar-refractivity contribution < 1.29 is 23.8 Å². The summed E-state index contributed by atoms with van der Waals surface area (Å²) in [6.45, 7) is 7.84. The zero-order valence-corrected chi connectivity index (χ0v) is 40.7. The highest BCUT2D eigenvalue weighted by atomic mass is 16.6. The molecule has 0 aliphatic carbocycles. The first-order chi connectivity index (χ1) is 29.6. The maximum absolute atomic E-state index is 12.8. The van der Waals surface area contributed by atoms with Gasteiger partial charge in [0.15, 0.2) is 6.10 Å². The van der Waals surface area contributed by atoms with Crippen LogP contribution in [0.25, 0.3) is 0 Å². The Balaban J connectivity index is 4.21. The van der Waals surface area contributed by atoms with Gasteiger partial charge in [-0.2, -0.15) is 0 Å². The first-order valence-electron chi connectivity index (χ1n) is 26.9. The molecule has 1 atom stereocenters. The van der Waals surface area contributed by atoms with Crippen LogP contribution >= 0.6 is 0 Å². The molecule has 0 aromatic rings. The maximum atomic E-state index is 12.8. The predicted octanol–water partition coefficient (Wildman–Crippen LogP) is 18.0. The number of allylic oxidation sites excluding steroid dienone is 4. The third-order valence-corrected chi connectivity index (χ3v) is 12.0. The van der Waals surface area contributed by atoms with Gasteiger partial charge in [-0.25, -0.2) is 0 Å². The molecule has 0 aliphatic rings. The molecule has 0 amide bonds. The van der Waals surface area contributed by atoms with Gasteiger partial charge in [-0.1, -0.05) is 251 Å². The van der Waals surface area contributed by atoms with Crippen molar-refractivity contribution in [3.63, 3.8) is 0 Å². The molecule has 0 fully saturated rings. The lowest BCUT2D eigenvalue weighted by Crippen LogP contribution is -2.30. The summed E-state index contributed by atoms with van der Waals surface area (Å²) in [5.41, 5.74) is 0. The van der Waals surface area contributed by atoms with E-state index in [9.17, 15) is 9.59 Å². The van der Waals surface area contributed by atoms with E-state index in [2.05, 4.69) is 45.1 Å². The minimum atomic E-state index is -0.531. The van der Waals surface area contributed by atoms with Gasteiger partial charge in [0.25, 0.3) is 0 Å². The topological polar surface area (TPSA) is 61.8 Å². The van der Waals surface area contributed by atoms with Crippen molar-refractivity contribution in [2.24, 2.45) is 0 Å². The standard InChI is InChI=1S/C55H104O5/c1-4-7-10-13-16-19-22-25-26-27-28-29-32-35-38-41-44-47-50-58-51-53(60-55(57)49-46-43-40-37-34-31-24-21-18-15-12-9-6-3)52-59-54(56)48-45-42-39-36-33-30-23-20-17-14-11-8-5-2/h16,19,25-26,53H,4-15,17-18,20-24,27-52H2,1-3H3/b19-16-,26-25-. The summed E-state index contributed by atoms with van der Waals surface area (Å²) in [6, 6.07) is 0. The number of esters is 2. The average Bonchev–Trinajstić information content (AvgIpc) is 3.25. The van der Waals surface area contributed by atoms with E-state index in [-0.39, 0.29) is 18.5 Å². The SMILES string of the molecule is CCCCC/C=C\C/C=C\CCCCCCCCCCOCC(COC(=O)CCCCCCCCCCCCCCC)OC(=O)CCCCCCCCCCCCCCC. The van der Waals surface area contributed by atoms with Crippen LogP contribution in [0.5, 0.6) is 0 Å². The number of ether oxygens (including phenoxy) is 3. The van der Waals surface area contributed by atoms with E-state index in [4.69, 9.17) is 14.2 Å². The predicted molar refractivity (Wildman–Crippen MR) is 261 cm³/mol. The summed E-state index contributed by atoms with van der Waals surface area (Å²) in [4.78, 5) is 25.4. The molecule has 0 aliphatic heterocycles. The molecule has 0 bridgehead atoms. The highest BCUT2D eigenvalue weighted by Crippen LogP contribution is 2.16. The van der Waals surface area contributed by atoms with Crippen molar-refractivity contribution in [3.8, 4) is 0 Å². The number of carbonyl (C=O) groups excluding carboxylic acids is 2. The van der Waals surface area contributed by atoms with Crippen LogP contribution in [-0.2, 0) is 23.8 Å². The molecule has 0 N–H and O–H groups in total. The molecule has 5 heteroatoms. The van der Waals surface area contributed by atoms with Crippen molar-refractivity contribution in [2.45, 2.75) is 297 Å². The zero-order valence-electron chi connectivity index (χ0n) is 40.7. The average molecular weight is 845 g/mol. The molecule has 1 unspecified atom stereocenters. The molecule has 0 aromatic heterocycles. The van der Waals surface area contributed by atoms with Crippen LogP contribution < -0.4 is 0 Å². The van der Waals surface area contributed by atoms with Crippen molar-refractivity contribution >= 4 is 11.9 Å². The van der Waals surface area contributed by atoms with Gasteiger partial charge >= 0.3 is 11.9 Å². The summed E-state index contributed by atoms with van der Waals surface area (Å²) in [5, 5.41) is 0. The third-order valence-electron chi connectivity index (χ3n) is 12.0. The lowest BCUT2D eigenvalue weighted by Gasteiger charge is -2.18. The highest BCUT2D eigenvalue weighted by molar-refractivity contribution is 5.70. The van der Waals surface area contributed by atoms with Gasteiger partial charge in [0.05, 0.1) is 6.61 Å². The Hall–Kier alpha value is -1.62. The zero-order chi connectivity index (χ0) is 43.5. The quantitative estimate of drug-likeness (QED) is 0.0347. The molecular weight excluding hydrogens is 741 g/mol. The molecule has 60 heavy (non-hydrogen) atoms.